The summed E-state index contributed by atoms with van der Waals surface area (Å²) in [6, 6.07) is 15.9. The van der Waals surface area contributed by atoms with Gasteiger partial charge in [-0.05, 0) is 36.6 Å². The Morgan fingerprint density at radius 1 is 1.16 bits per heavy atom. The molecular weight excluding hydrogens is 414 g/mol. The minimum absolute atomic E-state index is 0.0306. The standard InChI is InChI=1S/C24H28ClN3O3/c1-31-22-8-7-20(14-21(22)25)28-16-18(13-23(28)29)24(30)26-19-9-11-27(12-10-19)15-17-5-3-2-4-6-17/h2-8,14,18-19H,9-13,15-16H2,1H3,(H,26,30). The Labute approximate surface area is 188 Å². The number of nitrogens with one attached hydrogen (secondary N) is 1. The van der Waals surface area contributed by atoms with Crippen molar-refractivity contribution in [3.63, 3.8) is 0 Å². The second-order valence-corrected chi connectivity index (χ2v) is 8.68. The van der Waals surface area contributed by atoms with Gasteiger partial charge in [-0.1, -0.05) is 41.9 Å². The predicted octanol–water partition coefficient (Wildman–Crippen LogP) is 3.48. The Balaban J connectivity index is 1.28. The molecule has 0 bridgehead atoms. The fourth-order valence-electron chi connectivity index (χ4n) is 4.35. The van der Waals surface area contributed by atoms with E-state index in [1.807, 2.05) is 6.07 Å². The van der Waals surface area contributed by atoms with E-state index in [0.717, 1.165) is 32.5 Å². The van der Waals surface area contributed by atoms with Gasteiger partial charge in [0.15, 0.2) is 0 Å². The molecule has 1 N–H and O–H groups in total. The number of ether oxygens (including phenoxy) is 1. The lowest BCUT2D eigenvalue weighted by atomic mass is 10.0. The van der Waals surface area contributed by atoms with Crippen molar-refractivity contribution in [1.29, 1.82) is 0 Å². The smallest absolute Gasteiger partial charge is 0.227 e. The number of likely N-dealkylation sites (tertiary alicyclic amines) is 1. The van der Waals surface area contributed by atoms with E-state index in [2.05, 4.69) is 34.5 Å². The van der Waals surface area contributed by atoms with Gasteiger partial charge in [-0.15, -0.1) is 0 Å². The first-order valence-electron chi connectivity index (χ1n) is 10.7. The molecule has 164 valence electrons. The molecule has 6 nitrogen and oxygen atoms in total. The van der Waals surface area contributed by atoms with Crippen LogP contribution in [0.4, 0.5) is 5.69 Å². The van der Waals surface area contributed by atoms with Gasteiger partial charge in [0.25, 0.3) is 0 Å². The molecule has 2 aliphatic heterocycles. The Morgan fingerprint density at radius 2 is 1.90 bits per heavy atom. The molecule has 0 aromatic heterocycles. The molecule has 4 rings (SSSR count). The average molecular weight is 442 g/mol. The molecular formula is C24H28ClN3O3. The summed E-state index contributed by atoms with van der Waals surface area (Å²) in [5.74, 6) is 0.136. The van der Waals surface area contributed by atoms with Crippen LogP contribution in [0.3, 0.4) is 0 Å². The highest BCUT2D eigenvalue weighted by Gasteiger charge is 2.36. The predicted molar refractivity (Wildman–Crippen MR) is 121 cm³/mol. The molecule has 0 aliphatic carbocycles. The summed E-state index contributed by atoms with van der Waals surface area (Å²) in [5, 5.41) is 3.62. The summed E-state index contributed by atoms with van der Waals surface area (Å²) in [6.07, 6.45) is 2.08. The molecule has 2 heterocycles. The number of piperidine rings is 1. The van der Waals surface area contributed by atoms with Crippen molar-refractivity contribution < 1.29 is 14.3 Å². The van der Waals surface area contributed by atoms with Crippen LogP contribution in [0.15, 0.2) is 48.5 Å². The number of anilines is 1. The maximum absolute atomic E-state index is 12.8. The highest BCUT2D eigenvalue weighted by Crippen LogP contribution is 2.32. The van der Waals surface area contributed by atoms with Gasteiger partial charge in [0.1, 0.15) is 5.75 Å². The molecule has 0 saturated carbocycles. The van der Waals surface area contributed by atoms with E-state index in [1.54, 1.807) is 30.2 Å². The number of methoxy groups -OCH3 is 1. The van der Waals surface area contributed by atoms with Gasteiger partial charge in [0, 0.05) is 44.3 Å². The fourth-order valence-corrected chi connectivity index (χ4v) is 4.60. The third kappa shape index (κ3) is 5.20. The lowest BCUT2D eigenvalue weighted by Gasteiger charge is -2.32. The summed E-state index contributed by atoms with van der Waals surface area (Å²) < 4.78 is 5.17. The monoisotopic (exact) mass is 441 g/mol. The maximum Gasteiger partial charge on any atom is 0.227 e. The summed E-state index contributed by atoms with van der Waals surface area (Å²) in [5.41, 5.74) is 2.01. The van der Waals surface area contributed by atoms with Crippen molar-refractivity contribution in [2.45, 2.75) is 31.8 Å². The maximum atomic E-state index is 12.8. The zero-order valence-corrected chi connectivity index (χ0v) is 18.5. The normalized spacial score (nSPS) is 20.1. The number of hydrogen-bond donors (Lipinski definition) is 1. The number of rotatable bonds is 6. The van der Waals surface area contributed by atoms with Crippen LogP contribution < -0.4 is 15.0 Å². The van der Waals surface area contributed by atoms with Crippen LogP contribution in [-0.2, 0) is 16.1 Å². The molecule has 2 saturated heterocycles. The first-order valence-corrected chi connectivity index (χ1v) is 11.1. The molecule has 2 aromatic carbocycles. The Bertz CT molecular complexity index is 929. The Morgan fingerprint density at radius 3 is 2.58 bits per heavy atom. The van der Waals surface area contributed by atoms with Crippen LogP contribution in [-0.4, -0.2) is 49.5 Å². The van der Waals surface area contributed by atoms with Gasteiger partial charge >= 0.3 is 0 Å². The lowest BCUT2D eigenvalue weighted by Crippen LogP contribution is -2.46. The zero-order chi connectivity index (χ0) is 21.8. The van der Waals surface area contributed by atoms with Gasteiger partial charge in [-0.25, -0.2) is 0 Å². The molecule has 2 aliphatic rings. The average Bonchev–Trinajstić information content (AvgIpc) is 3.17. The van der Waals surface area contributed by atoms with Crippen LogP contribution in [0.25, 0.3) is 0 Å². The first-order chi connectivity index (χ1) is 15.0. The van der Waals surface area contributed by atoms with Gasteiger partial charge < -0.3 is 15.0 Å². The van der Waals surface area contributed by atoms with Crippen molar-refractivity contribution in [2.75, 3.05) is 31.6 Å². The van der Waals surface area contributed by atoms with Crippen LogP contribution in [0.2, 0.25) is 5.02 Å². The second-order valence-electron chi connectivity index (χ2n) is 8.27. The molecule has 0 radical (unpaired) electrons. The van der Waals surface area contributed by atoms with Crippen molar-refractivity contribution in [1.82, 2.24) is 10.2 Å². The van der Waals surface area contributed by atoms with Crippen LogP contribution in [0, 0.1) is 5.92 Å². The summed E-state index contributed by atoms with van der Waals surface area (Å²) >= 11 is 6.20. The quantitative estimate of drug-likeness (QED) is 0.745. The van der Waals surface area contributed by atoms with Crippen LogP contribution >= 0.6 is 11.6 Å². The van der Waals surface area contributed by atoms with E-state index >= 15 is 0 Å². The largest absolute Gasteiger partial charge is 0.495 e. The molecule has 2 aromatic rings. The molecule has 31 heavy (non-hydrogen) atoms. The summed E-state index contributed by atoms with van der Waals surface area (Å²) in [7, 11) is 1.55. The number of carbonyl (C=O) groups is 2. The third-order valence-corrected chi connectivity index (χ3v) is 6.42. The van der Waals surface area contributed by atoms with E-state index in [1.165, 1.54) is 5.56 Å². The van der Waals surface area contributed by atoms with E-state index in [0.29, 0.717) is 23.0 Å². The second kappa shape index (κ2) is 9.71. The molecule has 1 unspecified atom stereocenters. The third-order valence-electron chi connectivity index (χ3n) is 6.13. The van der Waals surface area contributed by atoms with Crippen LogP contribution in [0.1, 0.15) is 24.8 Å². The molecule has 2 fully saturated rings. The molecule has 2 amide bonds. The van der Waals surface area contributed by atoms with Crippen molar-refractivity contribution in [2.24, 2.45) is 5.92 Å². The van der Waals surface area contributed by atoms with Crippen molar-refractivity contribution in [3.8, 4) is 5.75 Å². The summed E-state index contributed by atoms with van der Waals surface area (Å²) in [4.78, 5) is 29.4. The topological polar surface area (TPSA) is 61.9 Å². The highest BCUT2D eigenvalue weighted by molar-refractivity contribution is 6.32. The van der Waals surface area contributed by atoms with E-state index in [9.17, 15) is 9.59 Å². The molecule has 7 heteroatoms. The summed E-state index contributed by atoms with van der Waals surface area (Å²) in [6.45, 7) is 3.23. The fraction of sp³-hybridized carbons (Fsp3) is 0.417. The number of nitrogens with zero attached hydrogens (tertiary/aromatic N) is 2. The van der Waals surface area contributed by atoms with Crippen molar-refractivity contribution >= 4 is 29.1 Å². The number of carbonyl (C=O) groups excluding carboxylic acids is 2. The van der Waals surface area contributed by atoms with Gasteiger partial charge in [0.2, 0.25) is 11.8 Å². The highest BCUT2D eigenvalue weighted by atomic mass is 35.5. The SMILES string of the molecule is COc1ccc(N2CC(C(=O)NC3CCN(Cc4ccccc4)CC3)CC2=O)cc1Cl. The van der Waals surface area contributed by atoms with Crippen LogP contribution in [0.5, 0.6) is 5.75 Å². The lowest BCUT2D eigenvalue weighted by molar-refractivity contribution is -0.127. The first kappa shape index (κ1) is 21.7. The molecule has 1 atom stereocenters. The minimum Gasteiger partial charge on any atom is -0.495 e. The minimum atomic E-state index is -0.337. The van der Waals surface area contributed by atoms with E-state index < -0.39 is 0 Å². The van der Waals surface area contributed by atoms with E-state index in [4.69, 9.17) is 16.3 Å². The van der Waals surface area contributed by atoms with Gasteiger partial charge in [0.05, 0.1) is 18.1 Å². The van der Waals surface area contributed by atoms with Gasteiger partial charge in [-0.2, -0.15) is 0 Å². The van der Waals surface area contributed by atoms with E-state index in [-0.39, 0.29) is 30.2 Å². The number of hydrogen-bond acceptors (Lipinski definition) is 4. The van der Waals surface area contributed by atoms with Crippen molar-refractivity contribution in [3.05, 3.63) is 59.1 Å². The van der Waals surface area contributed by atoms with Gasteiger partial charge in [-0.3, -0.25) is 14.5 Å². The number of halogens is 1. The zero-order valence-electron chi connectivity index (χ0n) is 17.7. The number of benzene rings is 2. The number of amides is 2. The molecule has 0 spiro atoms. The Kier molecular flexibility index (Phi) is 6.78. The Hall–Kier alpha value is -2.57.